The molecule has 0 saturated heterocycles. The van der Waals surface area contributed by atoms with Gasteiger partial charge in [-0.2, -0.15) is 5.10 Å². The van der Waals surface area contributed by atoms with Crippen LogP contribution in [0.25, 0.3) is 0 Å². The minimum absolute atomic E-state index is 0.156. The Hall–Kier alpha value is -2.18. The number of rotatable bonds is 8. The summed E-state index contributed by atoms with van der Waals surface area (Å²) in [4.78, 5) is 11.9. The monoisotopic (exact) mass is 392 g/mol. The minimum Gasteiger partial charge on any atom is -0.493 e. The number of carbonyl (C=O) groups is 1. The summed E-state index contributed by atoms with van der Waals surface area (Å²) >= 11 is 7.45. The third-order valence-electron chi connectivity index (χ3n) is 3.54. The zero-order valence-corrected chi connectivity index (χ0v) is 16.5. The van der Waals surface area contributed by atoms with Crippen LogP contribution in [0.1, 0.15) is 18.1 Å². The van der Waals surface area contributed by atoms with Crippen molar-refractivity contribution in [3.63, 3.8) is 0 Å². The van der Waals surface area contributed by atoms with Crippen molar-refractivity contribution in [2.24, 2.45) is 5.10 Å². The first-order chi connectivity index (χ1) is 12.5. The molecule has 0 bridgehead atoms. The van der Waals surface area contributed by atoms with E-state index in [2.05, 4.69) is 10.5 Å². The van der Waals surface area contributed by atoms with Gasteiger partial charge in [0.05, 0.1) is 25.7 Å². The molecule has 7 heteroatoms. The molecular formula is C19H21ClN2O3S. The van der Waals surface area contributed by atoms with Crippen LogP contribution in [-0.2, 0) is 10.5 Å². The predicted molar refractivity (Wildman–Crippen MR) is 108 cm³/mol. The van der Waals surface area contributed by atoms with Crippen LogP contribution >= 0.6 is 23.4 Å². The van der Waals surface area contributed by atoms with Crippen molar-refractivity contribution in [2.75, 3.05) is 20.0 Å². The number of halogens is 1. The summed E-state index contributed by atoms with van der Waals surface area (Å²) in [5, 5.41) is 4.85. The van der Waals surface area contributed by atoms with Crippen LogP contribution in [0.2, 0.25) is 5.02 Å². The highest BCUT2D eigenvalue weighted by molar-refractivity contribution is 7.99. The van der Waals surface area contributed by atoms with Gasteiger partial charge in [0.1, 0.15) is 0 Å². The second kappa shape index (κ2) is 10.1. The van der Waals surface area contributed by atoms with Gasteiger partial charge in [-0.05, 0) is 42.8 Å². The van der Waals surface area contributed by atoms with Crippen LogP contribution < -0.4 is 14.9 Å². The standard InChI is InChI=1S/C19H21ClN2O3S/c1-13(15-7-8-17(24-2)18(10-15)25-3)21-22-19(23)12-26-11-14-5-4-6-16(20)9-14/h4-10H,11-12H2,1-3H3,(H,22,23)/b21-13+. The molecule has 0 spiro atoms. The second-order valence-corrected chi connectivity index (χ2v) is 6.85. The first-order valence-electron chi connectivity index (χ1n) is 7.91. The highest BCUT2D eigenvalue weighted by atomic mass is 35.5. The number of amides is 1. The summed E-state index contributed by atoms with van der Waals surface area (Å²) in [7, 11) is 3.16. The third-order valence-corrected chi connectivity index (χ3v) is 4.78. The summed E-state index contributed by atoms with van der Waals surface area (Å²) in [6, 6.07) is 13.1. The first kappa shape index (κ1) is 20.1. The Morgan fingerprint density at radius 1 is 1.15 bits per heavy atom. The van der Waals surface area contributed by atoms with Crippen molar-refractivity contribution in [1.82, 2.24) is 5.43 Å². The van der Waals surface area contributed by atoms with Gasteiger partial charge in [0.15, 0.2) is 11.5 Å². The first-order valence-corrected chi connectivity index (χ1v) is 9.44. The molecule has 0 radical (unpaired) electrons. The van der Waals surface area contributed by atoms with Crippen LogP contribution in [0.3, 0.4) is 0 Å². The Balaban J connectivity index is 1.86. The molecule has 0 aliphatic rings. The minimum atomic E-state index is -0.156. The lowest BCUT2D eigenvalue weighted by molar-refractivity contribution is -0.118. The fraction of sp³-hybridized carbons (Fsp3) is 0.263. The molecule has 2 rings (SSSR count). The van der Waals surface area contributed by atoms with E-state index in [9.17, 15) is 4.79 Å². The molecule has 0 aliphatic carbocycles. The average molecular weight is 393 g/mol. The highest BCUT2D eigenvalue weighted by Gasteiger charge is 2.07. The van der Waals surface area contributed by atoms with E-state index in [1.165, 1.54) is 11.8 Å². The van der Waals surface area contributed by atoms with E-state index < -0.39 is 0 Å². The molecule has 0 heterocycles. The van der Waals surface area contributed by atoms with Crippen LogP contribution in [0, 0.1) is 0 Å². The maximum absolute atomic E-state index is 11.9. The van der Waals surface area contributed by atoms with E-state index in [1.807, 2.05) is 43.3 Å². The fourth-order valence-corrected chi connectivity index (χ4v) is 3.17. The van der Waals surface area contributed by atoms with Gasteiger partial charge in [0.25, 0.3) is 0 Å². The maximum atomic E-state index is 11.9. The van der Waals surface area contributed by atoms with Gasteiger partial charge in [0, 0.05) is 16.3 Å². The van der Waals surface area contributed by atoms with Gasteiger partial charge in [-0.25, -0.2) is 5.43 Å². The largest absolute Gasteiger partial charge is 0.493 e. The molecule has 0 atom stereocenters. The zero-order valence-electron chi connectivity index (χ0n) is 14.9. The predicted octanol–water partition coefficient (Wildman–Crippen LogP) is 4.13. The average Bonchev–Trinajstić information content (AvgIpc) is 2.65. The normalized spacial score (nSPS) is 11.2. The molecule has 5 nitrogen and oxygen atoms in total. The molecule has 0 aromatic heterocycles. The SMILES string of the molecule is COc1ccc(/C(C)=N/NC(=O)CSCc2cccc(Cl)c2)cc1OC. The molecule has 26 heavy (non-hydrogen) atoms. The van der Waals surface area contributed by atoms with Gasteiger partial charge in [-0.15, -0.1) is 11.8 Å². The van der Waals surface area contributed by atoms with E-state index in [-0.39, 0.29) is 5.91 Å². The Morgan fingerprint density at radius 3 is 2.62 bits per heavy atom. The summed E-state index contributed by atoms with van der Waals surface area (Å²) in [6.45, 7) is 1.82. The molecule has 1 amide bonds. The molecule has 2 aromatic rings. The molecule has 2 aromatic carbocycles. The molecular weight excluding hydrogens is 372 g/mol. The Bertz CT molecular complexity index is 796. The number of nitrogens with zero attached hydrogens (tertiary/aromatic N) is 1. The molecule has 0 unspecified atom stereocenters. The van der Waals surface area contributed by atoms with Crippen molar-refractivity contribution in [1.29, 1.82) is 0 Å². The van der Waals surface area contributed by atoms with E-state index >= 15 is 0 Å². The van der Waals surface area contributed by atoms with Crippen molar-refractivity contribution >= 4 is 35.0 Å². The van der Waals surface area contributed by atoms with Crippen molar-refractivity contribution in [3.05, 3.63) is 58.6 Å². The number of benzene rings is 2. The van der Waals surface area contributed by atoms with Crippen molar-refractivity contribution < 1.29 is 14.3 Å². The van der Waals surface area contributed by atoms with E-state index in [0.29, 0.717) is 33.7 Å². The Labute approximate surface area is 162 Å². The number of carbonyl (C=O) groups excluding carboxylic acids is 1. The summed E-state index contributed by atoms with van der Waals surface area (Å²) in [5.41, 5.74) is 5.18. The fourth-order valence-electron chi connectivity index (χ4n) is 2.19. The number of hydrazone groups is 1. The lowest BCUT2D eigenvalue weighted by Crippen LogP contribution is -2.21. The lowest BCUT2D eigenvalue weighted by Gasteiger charge is -2.09. The van der Waals surface area contributed by atoms with Gasteiger partial charge in [0.2, 0.25) is 5.91 Å². The topological polar surface area (TPSA) is 59.9 Å². The van der Waals surface area contributed by atoms with E-state index in [0.717, 1.165) is 11.1 Å². The number of thioether (sulfide) groups is 1. The number of ether oxygens (including phenoxy) is 2. The van der Waals surface area contributed by atoms with Gasteiger partial charge < -0.3 is 9.47 Å². The number of methoxy groups -OCH3 is 2. The molecule has 0 aliphatic heterocycles. The van der Waals surface area contributed by atoms with Crippen molar-refractivity contribution in [2.45, 2.75) is 12.7 Å². The second-order valence-electron chi connectivity index (χ2n) is 5.42. The third kappa shape index (κ3) is 5.97. The summed E-state index contributed by atoms with van der Waals surface area (Å²) in [5.74, 6) is 2.13. The summed E-state index contributed by atoms with van der Waals surface area (Å²) in [6.07, 6.45) is 0. The highest BCUT2D eigenvalue weighted by Crippen LogP contribution is 2.27. The van der Waals surface area contributed by atoms with E-state index in [1.54, 1.807) is 20.3 Å². The van der Waals surface area contributed by atoms with Crippen LogP contribution in [0.4, 0.5) is 0 Å². The van der Waals surface area contributed by atoms with E-state index in [4.69, 9.17) is 21.1 Å². The Morgan fingerprint density at radius 2 is 1.92 bits per heavy atom. The number of nitrogens with one attached hydrogen (secondary N) is 1. The molecule has 0 fully saturated rings. The zero-order chi connectivity index (χ0) is 18.9. The molecule has 138 valence electrons. The van der Waals surface area contributed by atoms with Gasteiger partial charge in [-0.1, -0.05) is 23.7 Å². The number of hydrogen-bond acceptors (Lipinski definition) is 5. The summed E-state index contributed by atoms with van der Waals surface area (Å²) < 4.78 is 10.5. The Kier molecular flexibility index (Phi) is 7.81. The van der Waals surface area contributed by atoms with Gasteiger partial charge in [-0.3, -0.25) is 4.79 Å². The van der Waals surface area contributed by atoms with Crippen LogP contribution in [0.5, 0.6) is 11.5 Å². The lowest BCUT2D eigenvalue weighted by atomic mass is 10.1. The van der Waals surface area contributed by atoms with Gasteiger partial charge >= 0.3 is 0 Å². The van der Waals surface area contributed by atoms with Crippen LogP contribution in [-0.4, -0.2) is 31.6 Å². The quantitative estimate of drug-likeness (QED) is 0.542. The number of hydrogen-bond donors (Lipinski definition) is 1. The molecule has 0 saturated carbocycles. The smallest absolute Gasteiger partial charge is 0.250 e. The maximum Gasteiger partial charge on any atom is 0.250 e. The van der Waals surface area contributed by atoms with Crippen LogP contribution in [0.15, 0.2) is 47.6 Å². The van der Waals surface area contributed by atoms with Crippen molar-refractivity contribution in [3.8, 4) is 11.5 Å². The molecule has 1 N–H and O–H groups in total.